The highest BCUT2D eigenvalue weighted by Crippen LogP contribution is 2.34. The summed E-state index contributed by atoms with van der Waals surface area (Å²) in [5.74, 6) is 0.770. The van der Waals surface area contributed by atoms with Gasteiger partial charge in [-0.25, -0.2) is 4.99 Å². The first-order chi connectivity index (χ1) is 8.69. The molecule has 1 heterocycles. The Hall–Kier alpha value is -1.57. The van der Waals surface area contributed by atoms with E-state index in [9.17, 15) is 0 Å². The minimum Gasteiger partial charge on any atom is -0.477 e. The third-order valence-electron chi connectivity index (χ3n) is 3.07. The van der Waals surface area contributed by atoms with E-state index in [2.05, 4.69) is 26.3 Å². The molecule has 0 N–H and O–H groups in total. The first kappa shape index (κ1) is 14.5. The van der Waals surface area contributed by atoms with Gasteiger partial charge in [0.2, 0.25) is 0 Å². The topological polar surface area (TPSA) is 21.6 Å². The molecule has 0 saturated carbocycles. The van der Waals surface area contributed by atoms with Gasteiger partial charge in [-0.05, 0) is 12.8 Å². The maximum absolute atomic E-state index is 5.85. The average Bonchev–Trinajstić information content (AvgIpc) is 2.30. The van der Waals surface area contributed by atoms with E-state index in [0.717, 1.165) is 31.6 Å². The molecular formula is C16H23NO. The number of aliphatic imine (C=N–C) groups is 1. The summed E-state index contributed by atoms with van der Waals surface area (Å²) in [7, 11) is 0. The molecule has 0 bridgehead atoms. The molecule has 1 aliphatic rings. The Bertz CT molecular complexity index is 344. The first-order valence-electron chi connectivity index (χ1n) is 6.38. The van der Waals surface area contributed by atoms with Gasteiger partial charge in [-0.15, -0.1) is 26.3 Å². The number of ether oxygens (including phenoxy) is 1. The Morgan fingerprint density at radius 2 is 1.78 bits per heavy atom. The lowest BCUT2D eigenvalue weighted by atomic mass is 9.84. The molecule has 0 aromatic carbocycles. The van der Waals surface area contributed by atoms with Gasteiger partial charge in [-0.2, -0.15) is 0 Å². The normalized spacial score (nSPS) is 21.3. The summed E-state index contributed by atoms with van der Waals surface area (Å²) < 4.78 is 5.85. The summed E-state index contributed by atoms with van der Waals surface area (Å²) in [4.78, 5) is 4.76. The molecule has 1 atom stereocenters. The van der Waals surface area contributed by atoms with Crippen LogP contribution in [-0.4, -0.2) is 17.5 Å². The second kappa shape index (κ2) is 7.00. The van der Waals surface area contributed by atoms with Crippen LogP contribution in [0.15, 0.2) is 55.6 Å². The van der Waals surface area contributed by atoms with Gasteiger partial charge in [0.1, 0.15) is 6.10 Å². The lowest BCUT2D eigenvalue weighted by Gasteiger charge is -2.37. The third-order valence-corrected chi connectivity index (χ3v) is 3.07. The Labute approximate surface area is 110 Å². The van der Waals surface area contributed by atoms with E-state index in [0.29, 0.717) is 6.42 Å². The van der Waals surface area contributed by atoms with Gasteiger partial charge in [0.05, 0.1) is 5.54 Å². The minimum atomic E-state index is -0.145. The van der Waals surface area contributed by atoms with E-state index in [1.807, 2.05) is 24.3 Å². The monoisotopic (exact) mass is 245 g/mol. The second-order valence-corrected chi connectivity index (χ2v) is 4.68. The third kappa shape index (κ3) is 3.73. The van der Waals surface area contributed by atoms with Gasteiger partial charge in [0.25, 0.3) is 0 Å². The zero-order valence-corrected chi connectivity index (χ0v) is 11.1. The van der Waals surface area contributed by atoms with Crippen LogP contribution in [0.4, 0.5) is 0 Å². The standard InChI is InChI=1S/C16H23NO/c1-5-9-14-13-16(11-7-3,12-8-4)17-15(18-14)10-6-2/h5-8,14H,1-4,9-13H2. The summed E-state index contributed by atoms with van der Waals surface area (Å²) in [6.07, 6.45) is 11.8. The van der Waals surface area contributed by atoms with E-state index in [-0.39, 0.29) is 11.6 Å². The quantitative estimate of drug-likeness (QED) is 0.587. The van der Waals surface area contributed by atoms with Crippen molar-refractivity contribution in [2.75, 3.05) is 0 Å². The van der Waals surface area contributed by atoms with Crippen molar-refractivity contribution in [3.05, 3.63) is 50.6 Å². The fourth-order valence-electron chi connectivity index (χ4n) is 2.41. The summed E-state index contributed by atoms with van der Waals surface area (Å²) in [5, 5.41) is 0. The number of hydrogen-bond acceptors (Lipinski definition) is 2. The van der Waals surface area contributed by atoms with Crippen molar-refractivity contribution in [1.82, 2.24) is 0 Å². The molecule has 0 aromatic heterocycles. The zero-order chi connectivity index (χ0) is 13.4. The van der Waals surface area contributed by atoms with Crippen LogP contribution in [0.1, 0.15) is 32.1 Å². The summed E-state index contributed by atoms with van der Waals surface area (Å²) >= 11 is 0. The van der Waals surface area contributed by atoms with Crippen LogP contribution in [0.2, 0.25) is 0 Å². The average molecular weight is 245 g/mol. The molecule has 0 radical (unpaired) electrons. The largest absolute Gasteiger partial charge is 0.477 e. The zero-order valence-electron chi connectivity index (χ0n) is 11.1. The van der Waals surface area contributed by atoms with Crippen LogP contribution in [0, 0.1) is 0 Å². The fourth-order valence-corrected chi connectivity index (χ4v) is 2.41. The summed E-state index contributed by atoms with van der Waals surface area (Å²) in [6.45, 7) is 15.2. The van der Waals surface area contributed by atoms with Crippen molar-refractivity contribution in [2.24, 2.45) is 4.99 Å². The van der Waals surface area contributed by atoms with Gasteiger partial charge in [0, 0.05) is 19.3 Å². The maximum atomic E-state index is 5.85. The van der Waals surface area contributed by atoms with E-state index in [1.165, 1.54) is 0 Å². The van der Waals surface area contributed by atoms with Crippen LogP contribution in [0.3, 0.4) is 0 Å². The Morgan fingerprint density at radius 1 is 1.11 bits per heavy atom. The molecule has 1 rings (SSSR count). The highest BCUT2D eigenvalue weighted by atomic mass is 16.5. The minimum absolute atomic E-state index is 0.145. The first-order valence-corrected chi connectivity index (χ1v) is 6.38. The maximum Gasteiger partial charge on any atom is 0.187 e. The molecule has 1 unspecified atom stereocenters. The molecule has 0 aliphatic carbocycles. The predicted octanol–water partition coefficient (Wildman–Crippen LogP) is 4.22. The second-order valence-electron chi connectivity index (χ2n) is 4.68. The Balaban J connectivity index is 2.99. The number of hydrogen-bond donors (Lipinski definition) is 0. The van der Waals surface area contributed by atoms with Crippen LogP contribution < -0.4 is 0 Å². The number of nitrogens with zero attached hydrogens (tertiary/aromatic N) is 1. The molecule has 0 saturated heterocycles. The Morgan fingerprint density at radius 3 is 2.28 bits per heavy atom. The number of rotatable bonds is 8. The molecule has 0 fully saturated rings. The SMILES string of the molecule is C=CCC1=NC(CC=C)(CC=C)CC(CC=C)O1. The van der Waals surface area contributed by atoms with Crippen molar-refractivity contribution >= 4 is 5.90 Å². The molecular weight excluding hydrogens is 222 g/mol. The molecule has 18 heavy (non-hydrogen) atoms. The van der Waals surface area contributed by atoms with Gasteiger partial charge >= 0.3 is 0 Å². The van der Waals surface area contributed by atoms with Gasteiger partial charge in [-0.1, -0.05) is 24.3 Å². The molecule has 2 heteroatoms. The molecule has 1 aliphatic heterocycles. The van der Waals surface area contributed by atoms with Crippen molar-refractivity contribution in [3.8, 4) is 0 Å². The highest BCUT2D eigenvalue weighted by Gasteiger charge is 2.35. The van der Waals surface area contributed by atoms with Crippen LogP contribution >= 0.6 is 0 Å². The molecule has 0 amide bonds. The molecule has 0 aromatic rings. The van der Waals surface area contributed by atoms with E-state index >= 15 is 0 Å². The van der Waals surface area contributed by atoms with Crippen molar-refractivity contribution in [3.63, 3.8) is 0 Å². The predicted molar refractivity (Wildman–Crippen MR) is 78.9 cm³/mol. The molecule has 2 nitrogen and oxygen atoms in total. The van der Waals surface area contributed by atoms with E-state index < -0.39 is 0 Å². The lowest BCUT2D eigenvalue weighted by molar-refractivity contribution is 0.117. The summed E-state index contributed by atoms with van der Waals surface area (Å²) in [6, 6.07) is 0. The van der Waals surface area contributed by atoms with Crippen molar-refractivity contribution < 1.29 is 4.74 Å². The molecule has 98 valence electrons. The Kier molecular flexibility index (Phi) is 5.63. The van der Waals surface area contributed by atoms with E-state index in [1.54, 1.807) is 0 Å². The fraction of sp³-hybridized carbons (Fsp3) is 0.438. The smallest absolute Gasteiger partial charge is 0.187 e. The van der Waals surface area contributed by atoms with Crippen LogP contribution in [0.25, 0.3) is 0 Å². The lowest BCUT2D eigenvalue weighted by Crippen LogP contribution is -2.39. The summed E-state index contributed by atoms with van der Waals surface area (Å²) in [5.41, 5.74) is -0.145. The van der Waals surface area contributed by atoms with Crippen molar-refractivity contribution in [1.29, 1.82) is 0 Å². The van der Waals surface area contributed by atoms with Gasteiger partial charge in [0.15, 0.2) is 5.90 Å². The molecule has 0 spiro atoms. The van der Waals surface area contributed by atoms with Crippen LogP contribution in [-0.2, 0) is 4.74 Å². The van der Waals surface area contributed by atoms with Crippen LogP contribution in [0.5, 0.6) is 0 Å². The highest BCUT2D eigenvalue weighted by molar-refractivity contribution is 5.79. The van der Waals surface area contributed by atoms with Gasteiger partial charge < -0.3 is 4.74 Å². The van der Waals surface area contributed by atoms with E-state index in [4.69, 9.17) is 9.73 Å². The van der Waals surface area contributed by atoms with Gasteiger partial charge in [-0.3, -0.25) is 0 Å². The van der Waals surface area contributed by atoms with Crippen molar-refractivity contribution in [2.45, 2.75) is 43.7 Å².